The molecular formula is C11H19N3O2. The molecule has 0 saturated carbocycles. The van der Waals surface area contributed by atoms with E-state index in [1.165, 1.54) is 0 Å². The summed E-state index contributed by atoms with van der Waals surface area (Å²) in [6, 6.07) is 0.263. The summed E-state index contributed by atoms with van der Waals surface area (Å²) in [5.41, 5.74) is -0.792. The van der Waals surface area contributed by atoms with Crippen molar-refractivity contribution in [2.75, 3.05) is 6.61 Å². The van der Waals surface area contributed by atoms with Gasteiger partial charge in [0.1, 0.15) is 12.2 Å². The molecule has 0 aliphatic carbocycles. The Morgan fingerprint density at radius 2 is 2.44 bits per heavy atom. The number of hydrogen-bond donors (Lipinski definition) is 1. The molecule has 1 N–H and O–H groups in total. The van der Waals surface area contributed by atoms with Gasteiger partial charge < -0.3 is 9.84 Å². The lowest BCUT2D eigenvalue weighted by atomic mass is 9.92. The molecular weight excluding hydrogens is 206 g/mol. The summed E-state index contributed by atoms with van der Waals surface area (Å²) in [5, 5.41) is 14.6. The minimum Gasteiger partial charge on any atom is -0.387 e. The zero-order valence-corrected chi connectivity index (χ0v) is 10.1. The molecule has 0 bridgehead atoms. The van der Waals surface area contributed by atoms with Gasteiger partial charge in [-0.1, -0.05) is 0 Å². The van der Waals surface area contributed by atoms with E-state index in [2.05, 4.69) is 23.9 Å². The van der Waals surface area contributed by atoms with Crippen molar-refractivity contribution < 1.29 is 9.84 Å². The first-order valence-electron chi connectivity index (χ1n) is 5.75. The fraction of sp³-hybridized carbons (Fsp3) is 0.818. The van der Waals surface area contributed by atoms with Gasteiger partial charge in [-0.3, -0.25) is 0 Å². The van der Waals surface area contributed by atoms with Crippen LogP contribution < -0.4 is 0 Å². The fourth-order valence-corrected chi connectivity index (χ4v) is 2.11. The quantitative estimate of drug-likeness (QED) is 0.831. The average molecular weight is 225 g/mol. The van der Waals surface area contributed by atoms with Crippen molar-refractivity contribution in [1.82, 2.24) is 14.8 Å². The predicted octanol–water partition coefficient (Wildman–Crippen LogP) is 0.941. The van der Waals surface area contributed by atoms with Crippen LogP contribution in [-0.2, 0) is 11.2 Å². The summed E-state index contributed by atoms with van der Waals surface area (Å²) in [6.07, 6.45) is 2.58. The van der Waals surface area contributed by atoms with Crippen LogP contribution in [0.4, 0.5) is 0 Å². The standard InChI is InChI=1S/C11H19N3O2/c1-8(2)14-10(12-7-13-14)6-11(15)4-5-16-9(11)3/h7-9,15H,4-6H2,1-3H3. The van der Waals surface area contributed by atoms with Gasteiger partial charge >= 0.3 is 0 Å². The Labute approximate surface area is 95.4 Å². The Balaban J connectivity index is 2.17. The average Bonchev–Trinajstić information content (AvgIpc) is 2.76. The number of rotatable bonds is 3. The zero-order valence-electron chi connectivity index (χ0n) is 10.1. The van der Waals surface area contributed by atoms with E-state index < -0.39 is 5.60 Å². The van der Waals surface area contributed by atoms with Crippen molar-refractivity contribution in [2.24, 2.45) is 0 Å². The summed E-state index contributed by atoms with van der Waals surface area (Å²) in [5.74, 6) is 0.829. The van der Waals surface area contributed by atoms with E-state index in [1.54, 1.807) is 6.33 Å². The van der Waals surface area contributed by atoms with Crippen LogP contribution in [0.3, 0.4) is 0 Å². The van der Waals surface area contributed by atoms with Gasteiger partial charge in [-0.05, 0) is 20.8 Å². The van der Waals surface area contributed by atoms with Crippen molar-refractivity contribution in [3.8, 4) is 0 Å². The minimum atomic E-state index is -0.792. The summed E-state index contributed by atoms with van der Waals surface area (Å²) >= 11 is 0. The number of ether oxygens (including phenoxy) is 1. The van der Waals surface area contributed by atoms with Gasteiger partial charge in [-0.2, -0.15) is 5.10 Å². The molecule has 2 heterocycles. The van der Waals surface area contributed by atoms with Crippen LogP contribution in [0.15, 0.2) is 6.33 Å². The van der Waals surface area contributed by atoms with E-state index in [-0.39, 0.29) is 12.1 Å². The molecule has 0 amide bonds. The number of aromatic nitrogens is 3. The summed E-state index contributed by atoms with van der Waals surface area (Å²) in [6.45, 7) is 6.63. The Kier molecular flexibility index (Phi) is 2.99. The number of aliphatic hydroxyl groups is 1. The molecule has 0 spiro atoms. The predicted molar refractivity (Wildman–Crippen MR) is 59.1 cm³/mol. The highest BCUT2D eigenvalue weighted by Gasteiger charge is 2.40. The minimum absolute atomic E-state index is 0.134. The van der Waals surface area contributed by atoms with Crippen molar-refractivity contribution in [1.29, 1.82) is 0 Å². The lowest BCUT2D eigenvalue weighted by Crippen LogP contribution is -2.39. The first-order chi connectivity index (χ1) is 7.53. The molecule has 1 aliphatic heterocycles. The van der Waals surface area contributed by atoms with Crippen LogP contribution >= 0.6 is 0 Å². The summed E-state index contributed by atoms with van der Waals surface area (Å²) < 4.78 is 7.26. The molecule has 1 aromatic heterocycles. The SMILES string of the molecule is CC(C)n1ncnc1CC1(O)CCOC1C. The summed E-state index contributed by atoms with van der Waals surface area (Å²) in [7, 11) is 0. The van der Waals surface area contributed by atoms with Crippen LogP contribution in [0.25, 0.3) is 0 Å². The highest BCUT2D eigenvalue weighted by molar-refractivity contribution is 5.00. The molecule has 2 atom stereocenters. The van der Waals surface area contributed by atoms with Gasteiger partial charge in [-0.15, -0.1) is 0 Å². The monoisotopic (exact) mass is 225 g/mol. The van der Waals surface area contributed by atoms with E-state index in [0.29, 0.717) is 19.4 Å². The largest absolute Gasteiger partial charge is 0.387 e. The Hall–Kier alpha value is -0.940. The van der Waals surface area contributed by atoms with Crippen LogP contribution in [0.1, 0.15) is 39.1 Å². The van der Waals surface area contributed by atoms with Crippen molar-refractivity contribution in [3.63, 3.8) is 0 Å². The van der Waals surface area contributed by atoms with Gasteiger partial charge in [0.05, 0.1) is 11.7 Å². The van der Waals surface area contributed by atoms with E-state index in [4.69, 9.17) is 4.74 Å². The third-order valence-corrected chi connectivity index (χ3v) is 3.26. The first-order valence-corrected chi connectivity index (χ1v) is 5.75. The summed E-state index contributed by atoms with van der Waals surface area (Å²) in [4.78, 5) is 4.22. The topological polar surface area (TPSA) is 60.2 Å². The molecule has 90 valence electrons. The molecule has 5 heteroatoms. The van der Waals surface area contributed by atoms with Crippen LogP contribution in [0.5, 0.6) is 0 Å². The third kappa shape index (κ3) is 1.97. The second-order valence-electron chi connectivity index (χ2n) is 4.76. The third-order valence-electron chi connectivity index (χ3n) is 3.26. The van der Waals surface area contributed by atoms with E-state index >= 15 is 0 Å². The molecule has 1 aromatic rings. The number of hydrogen-bond acceptors (Lipinski definition) is 4. The lowest BCUT2D eigenvalue weighted by molar-refractivity contribution is -0.0288. The molecule has 16 heavy (non-hydrogen) atoms. The molecule has 0 aromatic carbocycles. The highest BCUT2D eigenvalue weighted by atomic mass is 16.5. The molecule has 0 radical (unpaired) electrons. The maximum absolute atomic E-state index is 10.4. The van der Waals surface area contributed by atoms with Gasteiger partial charge in [0.25, 0.3) is 0 Å². The van der Waals surface area contributed by atoms with Gasteiger partial charge in [0.15, 0.2) is 0 Å². The van der Waals surface area contributed by atoms with Crippen molar-refractivity contribution >= 4 is 0 Å². The van der Waals surface area contributed by atoms with Gasteiger partial charge in [-0.25, -0.2) is 9.67 Å². The lowest BCUT2D eigenvalue weighted by Gasteiger charge is -2.25. The molecule has 5 nitrogen and oxygen atoms in total. The second-order valence-corrected chi connectivity index (χ2v) is 4.76. The Bertz CT molecular complexity index is 364. The molecule has 1 aliphatic rings. The van der Waals surface area contributed by atoms with Crippen LogP contribution in [0, 0.1) is 0 Å². The molecule has 1 fully saturated rings. The van der Waals surface area contributed by atoms with Crippen molar-refractivity contribution in [3.05, 3.63) is 12.2 Å². The maximum atomic E-state index is 10.4. The van der Waals surface area contributed by atoms with Crippen molar-refractivity contribution in [2.45, 2.75) is 51.4 Å². The van der Waals surface area contributed by atoms with Gasteiger partial charge in [0.2, 0.25) is 0 Å². The normalized spacial score (nSPS) is 30.2. The molecule has 1 saturated heterocycles. The highest BCUT2D eigenvalue weighted by Crippen LogP contribution is 2.29. The van der Waals surface area contributed by atoms with Crippen LogP contribution in [0.2, 0.25) is 0 Å². The first kappa shape index (κ1) is 11.5. The van der Waals surface area contributed by atoms with E-state index in [9.17, 15) is 5.11 Å². The van der Waals surface area contributed by atoms with E-state index in [1.807, 2.05) is 11.6 Å². The fourth-order valence-electron chi connectivity index (χ4n) is 2.11. The number of nitrogens with zero attached hydrogens (tertiary/aromatic N) is 3. The Morgan fingerprint density at radius 1 is 1.69 bits per heavy atom. The molecule has 2 rings (SSSR count). The smallest absolute Gasteiger partial charge is 0.138 e. The maximum Gasteiger partial charge on any atom is 0.138 e. The molecule has 2 unspecified atom stereocenters. The zero-order chi connectivity index (χ0) is 11.8. The second kappa shape index (κ2) is 4.14. The van der Waals surface area contributed by atoms with Gasteiger partial charge in [0, 0.05) is 25.5 Å². The Morgan fingerprint density at radius 3 is 3.00 bits per heavy atom. The van der Waals surface area contributed by atoms with E-state index in [0.717, 1.165) is 5.82 Å². The van der Waals surface area contributed by atoms with Crippen LogP contribution in [-0.4, -0.2) is 38.2 Å².